The summed E-state index contributed by atoms with van der Waals surface area (Å²) in [6.45, 7) is 12.3. The van der Waals surface area contributed by atoms with E-state index < -0.39 is 17.6 Å². The number of piperidine rings is 1. The van der Waals surface area contributed by atoms with Crippen molar-refractivity contribution < 1.29 is 13.9 Å². The second kappa shape index (κ2) is 13.2. The summed E-state index contributed by atoms with van der Waals surface area (Å²) in [6.07, 6.45) is 4.94. The van der Waals surface area contributed by atoms with Gasteiger partial charge in [0.2, 0.25) is 0 Å². The maximum atomic E-state index is 15.1. The number of likely N-dealkylation sites (tertiary alicyclic amines) is 1. The van der Waals surface area contributed by atoms with Crippen molar-refractivity contribution >= 4 is 34.4 Å². The second-order valence-corrected chi connectivity index (χ2v) is 13.9. The number of hydrogen-bond donors (Lipinski definition) is 0. The number of ether oxygens (including phenoxy) is 1. The molecule has 3 aromatic heterocycles. The third-order valence-corrected chi connectivity index (χ3v) is 10.1. The van der Waals surface area contributed by atoms with Crippen molar-refractivity contribution in [1.82, 2.24) is 29.3 Å². The van der Waals surface area contributed by atoms with E-state index in [-0.39, 0.29) is 40.3 Å². The van der Waals surface area contributed by atoms with Crippen LogP contribution in [0.5, 0.6) is 0 Å². The number of epoxide rings is 1. The number of aromatic nitrogens is 4. The van der Waals surface area contributed by atoms with Crippen molar-refractivity contribution in [3.05, 3.63) is 75.2 Å². The molecule has 252 valence electrons. The summed E-state index contributed by atoms with van der Waals surface area (Å²) in [5, 5.41) is 0.788. The average Bonchev–Trinajstić information content (AvgIpc) is 3.84. The Morgan fingerprint density at radius 3 is 2.58 bits per heavy atom. The summed E-state index contributed by atoms with van der Waals surface area (Å²) in [6, 6.07) is 9.71. The van der Waals surface area contributed by atoms with Crippen molar-refractivity contribution in [1.29, 1.82) is 0 Å². The van der Waals surface area contributed by atoms with Gasteiger partial charge in [0, 0.05) is 44.0 Å². The predicted octanol–water partition coefficient (Wildman–Crippen LogP) is 5.36. The topological polar surface area (TPSA) is 100.0 Å². The summed E-state index contributed by atoms with van der Waals surface area (Å²) in [5.74, 6) is -0.0228. The van der Waals surface area contributed by atoms with Crippen LogP contribution < -0.4 is 10.6 Å². The fourth-order valence-electron chi connectivity index (χ4n) is 7.20. The van der Waals surface area contributed by atoms with Crippen molar-refractivity contribution in [3.63, 3.8) is 0 Å². The zero-order chi connectivity index (χ0) is 33.7. The zero-order valence-corrected chi connectivity index (χ0v) is 28.6. The lowest BCUT2D eigenvalue weighted by Crippen LogP contribution is -2.55. The number of fused-ring (bicyclic) bond motifs is 1. The summed E-state index contributed by atoms with van der Waals surface area (Å²) >= 11 is 6.85. The van der Waals surface area contributed by atoms with E-state index in [1.165, 1.54) is 29.9 Å². The highest BCUT2D eigenvalue weighted by atomic mass is 35.5. The van der Waals surface area contributed by atoms with E-state index in [9.17, 15) is 9.59 Å². The number of hydrogen-bond acceptors (Lipinski definition) is 8. The molecule has 1 amide bonds. The summed E-state index contributed by atoms with van der Waals surface area (Å²) in [4.78, 5) is 48.1. The van der Waals surface area contributed by atoms with Crippen LogP contribution in [-0.2, 0) is 9.53 Å². The van der Waals surface area contributed by atoms with Crippen LogP contribution in [0.25, 0.3) is 28.0 Å². The van der Waals surface area contributed by atoms with Gasteiger partial charge in [-0.05, 0) is 75.5 Å². The number of nitrogens with zero attached hydrogens (tertiary/aromatic N) is 7. The molecule has 3 aliphatic rings. The summed E-state index contributed by atoms with van der Waals surface area (Å²) in [7, 11) is 0. The number of rotatable bonds is 7. The Bertz CT molecular complexity index is 1930. The number of carbonyl (C=O) groups is 1. The maximum absolute atomic E-state index is 15.1. The fourth-order valence-corrected chi connectivity index (χ4v) is 7.45. The molecule has 7 rings (SSSR count). The van der Waals surface area contributed by atoms with Crippen molar-refractivity contribution in [2.75, 3.05) is 44.2 Å². The molecule has 48 heavy (non-hydrogen) atoms. The largest absolute Gasteiger partial charge is 0.358 e. The molecule has 0 bridgehead atoms. The number of aryl methyl sites for hydroxylation is 1. The molecule has 6 heterocycles. The minimum Gasteiger partial charge on any atom is -0.358 e. The lowest BCUT2D eigenvalue weighted by atomic mass is 10.0. The fraction of sp³-hybridized carbons (Fsp3) is 0.472. The van der Waals surface area contributed by atoms with E-state index >= 15 is 4.39 Å². The zero-order valence-electron chi connectivity index (χ0n) is 27.8. The van der Waals surface area contributed by atoms with Crippen molar-refractivity contribution in [3.8, 4) is 16.9 Å². The first-order valence-electron chi connectivity index (χ1n) is 16.9. The summed E-state index contributed by atoms with van der Waals surface area (Å²) in [5.41, 5.74) is 2.40. The Labute approximate surface area is 284 Å². The van der Waals surface area contributed by atoms with Crippen LogP contribution in [-0.4, -0.2) is 92.7 Å². The lowest BCUT2D eigenvalue weighted by molar-refractivity contribution is -0.133. The number of piperazine rings is 1. The van der Waals surface area contributed by atoms with Crippen LogP contribution in [0.2, 0.25) is 5.02 Å². The number of pyridine rings is 2. The standard InChI is InChI=1S/C36H41ClFN7O3/c1-21(2)29-31(22(3)12-13-39-29)45-34-25(18-26(37)30(40-34)24-10-6-7-11-27(24)38)33(41-36(45)47)44-17-16-43(19-23(44)4)35(46)32-28(48-32)20-42-14-8-5-9-15-42/h6-7,10-13,18,21,23,28,32H,5,8-9,14-17,19-20H2,1-4H3/t23?,28-,32+/m0/s1. The smallest absolute Gasteiger partial charge is 0.355 e. The van der Waals surface area contributed by atoms with Crippen LogP contribution in [0.3, 0.4) is 0 Å². The van der Waals surface area contributed by atoms with Gasteiger partial charge < -0.3 is 19.4 Å². The molecule has 3 atom stereocenters. The van der Waals surface area contributed by atoms with Crippen LogP contribution >= 0.6 is 11.6 Å². The van der Waals surface area contributed by atoms with Gasteiger partial charge in [0.15, 0.2) is 11.8 Å². The molecule has 3 fully saturated rings. The van der Waals surface area contributed by atoms with E-state index in [1.54, 1.807) is 30.5 Å². The van der Waals surface area contributed by atoms with E-state index in [1.807, 2.05) is 43.6 Å². The highest BCUT2D eigenvalue weighted by Crippen LogP contribution is 2.36. The molecular weight excluding hydrogens is 633 g/mol. The van der Waals surface area contributed by atoms with Crippen LogP contribution in [0.4, 0.5) is 10.2 Å². The highest BCUT2D eigenvalue weighted by Gasteiger charge is 2.48. The van der Waals surface area contributed by atoms with Gasteiger partial charge in [0.25, 0.3) is 5.91 Å². The first kappa shape index (κ1) is 32.6. The molecule has 10 nitrogen and oxygen atoms in total. The van der Waals surface area contributed by atoms with E-state index in [4.69, 9.17) is 21.3 Å². The number of benzene rings is 1. The lowest BCUT2D eigenvalue weighted by Gasteiger charge is -2.40. The SMILES string of the molecule is Cc1ccnc(C(C)C)c1-n1c(=O)nc(N2CCN(C(=O)[C@@H]3O[C@H]3CN3CCCCC3)CC2C)c2cc(Cl)c(-c3ccccc3F)nc21. The molecule has 3 aliphatic heterocycles. The van der Waals surface area contributed by atoms with Gasteiger partial charge in [-0.3, -0.25) is 9.78 Å². The van der Waals surface area contributed by atoms with E-state index in [2.05, 4.69) is 14.9 Å². The Morgan fingerprint density at radius 1 is 1.08 bits per heavy atom. The first-order valence-corrected chi connectivity index (χ1v) is 17.3. The molecular formula is C36H41ClFN7O3. The van der Waals surface area contributed by atoms with Gasteiger partial charge in [-0.1, -0.05) is 44.0 Å². The van der Waals surface area contributed by atoms with E-state index in [0.29, 0.717) is 42.2 Å². The van der Waals surface area contributed by atoms with Gasteiger partial charge in [0.1, 0.15) is 17.7 Å². The monoisotopic (exact) mass is 673 g/mol. The molecule has 0 aliphatic carbocycles. The average molecular weight is 674 g/mol. The quantitative estimate of drug-likeness (QED) is 0.242. The van der Waals surface area contributed by atoms with Crippen LogP contribution in [0.15, 0.2) is 47.4 Å². The van der Waals surface area contributed by atoms with Gasteiger partial charge in [-0.2, -0.15) is 4.98 Å². The van der Waals surface area contributed by atoms with Crippen LogP contribution in [0, 0.1) is 12.7 Å². The highest BCUT2D eigenvalue weighted by molar-refractivity contribution is 6.33. The van der Waals surface area contributed by atoms with Gasteiger partial charge in [-0.25, -0.2) is 18.7 Å². The predicted molar refractivity (Wildman–Crippen MR) is 184 cm³/mol. The van der Waals surface area contributed by atoms with Gasteiger partial charge >= 0.3 is 5.69 Å². The molecule has 0 saturated carbocycles. The normalized spacial score (nSPS) is 21.7. The molecule has 0 radical (unpaired) electrons. The van der Waals surface area contributed by atoms with Crippen molar-refractivity contribution in [2.45, 2.75) is 71.1 Å². The molecule has 0 N–H and O–H groups in total. The van der Waals surface area contributed by atoms with Crippen molar-refractivity contribution in [2.24, 2.45) is 0 Å². The molecule has 3 saturated heterocycles. The molecule has 4 aromatic rings. The van der Waals surface area contributed by atoms with Gasteiger partial charge in [0.05, 0.1) is 27.5 Å². The first-order chi connectivity index (χ1) is 23.1. The molecule has 12 heteroatoms. The molecule has 1 aromatic carbocycles. The Morgan fingerprint density at radius 2 is 1.85 bits per heavy atom. The Hall–Kier alpha value is -3.93. The van der Waals surface area contributed by atoms with Gasteiger partial charge in [-0.15, -0.1) is 0 Å². The summed E-state index contributed by atoms with van der Waals surface area (Å²) < 4.78 is 22.4. The number of halogens is 2. The number of anilines is 1. The Kier molecular flexibility index (Phi) is 8.95. The van der Waals surface area contributed by atoms with E-state index in [0.717, 1.165) is 30.9 Å². The van der Waals surface area contributed by atoms with Crippen LogP contribution in [0.1, 0.15) is 57.2 Å². The third-order valence-electron chi connectivity index (χ3n) is 9.78. The molecule has 1 unspecified atom stereocenters. The number of carbonyl (C=O) groups excluding carboxylic acids is 1. The minimum absolute atomic E-state index is 0.000370. The number of amides is 1. The third kappa shape index (κ3) is 6.08. The Balaban J connectivity index is 1.25. The molecule has 0 spiro atoms. The maximum Gasteiger partial charge on any atom is 0.355 e. The second-order valence-electron chi connectivity index (χ2n) is 13.5. The minimum atomic E-state index is -0.526.